The smallest absolute Gasteiger partial charge is 0.379 e. The number of rotatable bonds is 4. The molecule has 0 bridgehead atoms. The Hall–Kier alpha value is -1.23. The molecule has 0 radical (unpaired) electrons. The van der Waals surface area contributed by atoms with Gasteiger partial charge < -0.3 is 4.74 Å². The van der Waals surface area contributed by atoms with Crippen LogP contribution in [0.2, 0.25) is 0 Å². The molecule has 0 aromatic heterocycles. The molecule has 0 amide bonds. The van der Waals surface area contributed by atoms with E-state index in [1.165, 1.54) is 12.1 Å². The first kappa shape index (κ1) is 14.8. The zero-order valence-electron chi connectivity index (χ0n) is 10.4. The monoisotopic (exact) mass is 316 g/mol. The Morgan fingerprint density at radius 3 is 2.50 bits per heavy atom. The molecule has 0 aliphatic heterocycles. The third-order valence-electron chi connectivity index (χ3n) is 2.40. The van der Waals surface area contributed by atoms with Crippen LogP contribution in [-0.4, -0.2) is 18.4 Å². The maximum Gasteiger partial charge on any atom is 0.379 e. The number of Topliss-reactive ketones (excluding diaryl/α,β-unsaturated/α-hetero) is 1. The number of ketones is 1. The summed E-state index contributed by atoms with van der Waals surface area (Å²) < 4.78 is 18.6. The largest absolute Gasteiger partial charge is 0.460 e. The van der Waals surface area contributed by atoms with Crippen molar-refractivity contribution in [2.24, 2.45) is 0 Å². The van der Waals surface area contributed by atoms with E-state index >= 15 is 0 Å². The van der Waals surface area contributed by atoms with Crippen molar-refractivity contribution in [3.63, 3.8) is 0 Å². The maximum atomic E-state index is 13.8. The number of halogens is 2. The van der Waals surface area contributed by atoms with Gasteiger partial charge in [-0.05, 0) is 46.5 Å². The molecule has 0 aliphatic rings. The maximum absolute atomic E-state index is 13.8. The highest BCUT2D eigenvalue weighted by atomic mass is 79.9. The quantitative estimate of drug-likeness (QED) is 0.485. The van der Waals surface area contributed by atoms with Gasteiger partial charge in [-0.1, -0.05) is 13.8 Å². The summed E-state index contributed by atoms with van der Waals surface area (Å²) in [6, 6.07) is 2.68. The lowest BCUT2D eigenvalue weighted by atomic mass is 9.98. The second kappa shape index (κ2) is 6.09. The second-order valence-electron chi connectivity index (χ2n) is 4.07. The lowest BCUT2D eigenvalue weighted by Gasteiger charge is -2.10. The summed E-state index contributed by atoms with van der Waals surface area (Å²) in [7, 11) is 0. The predicted molar refractivity (Wildman–Crippen MR) is 69.2 cm³/mol. The van der Waals surface area contributed by atoms with Crippen molar-refractivity contribution in [3.05, 3.63) is 33.5 Å². The van der Waals surface area contributed by atoms with Crippen LogP contribution in [0.4, 0.5) is 4.39 Å². The van der Waals surface area contributed by atoms with Crippen LogP contribution in [0, 0.1) is 5.82 Å². The minimum absolute atomic E-state index is 0.0868. The predicted octanol–water partition coefficient (Wildman–Crippen LogP) is 3.46. The minimum atomic E-state index is -0.925. The van der Waals surface area contributed by atoms with Crippen molar-refractivity contribution in [1.82, 2.24) is 0 Å². The van der Waals surface area contributed by atoms with E-state index in [-0.39, 0.29) is 22.6 Å². The van der Waals surface area contributed by atoms with Crippen LogP contribution in [0.25, 0.3) is 0 Å². The van der Waals surface area contributed by atoms with E-state index < -0.39 is 17.6 Å². The Morgan fingerprint density at radius 1 is 1.39 bits per heavy atom. The molecule has 5 heteroatoms. The van der Waals surface area contributed by atoms with Gasteiger partial charge in [0.2, 0.25) is 0 Å². The number of hydrogen-bond acceptors (Lipinski definition) is 3. The number of esters is 1. The summed E-state index contributed by atoms with van der Waals surface area (Å²) in [5.41, 5.74) is 0.516. The van der Waals surface area contributed by atoms with Gasteiger partial charge >= 0.3 is 5.97 Å². The van der Waals surface area contributed by atoms with Gasteiger partial charge in [-0.3, -0.25) is 4.79 Å². The summed E-state index contributed by atoms with van der Waals surface area (Å²) in [5, 5.41) is 0. The Morgan fingerprint density at radius 2 is 2.00 bits per heavy atom. The van der Waals surface area contributed by atoms with Crippen LogP contribution >= 0.6 is 15.9 Å². The summed E-state index contributed by atoms with van der Waals surface area (Å²) in [6.07, 6.45) is 0. The molecule has 98 valence electrons. The van der Waals surface area contributed by atoms with E-state index in [1.807, 2.05) is 13.8 Å². The fraction of sp³-hybridized carbons (Fsp3) is 0.385. The normalized spacial score (nSPS) is 10.6. The minimum Gasteiger partial charge on any atom is -0.460 e. The molecule has 0 heterocycles. The van der Waals surface area contributed by atoms with E-state index in [1.54, 1.807) is 6.92 Å². The van der Waals surface area contributed by atoms with Crippen molar-refractivity contribution >= 4 is 27.7 Å². The second-order valence-corrected chi connectivity index (χ2v) is 4.92. The Balaban J connectivity index is 3.19. The number of ether oxygens (including phenoxy) is 1. The Labute approximate surface area is 113 Å². The highest BCUT2D eigenvalue weighted by Crippen LogP contribution is 2.27. The standard InChI is InChI=1S/C13H14BrFO3/c1-4-18-13(17)12(16)8-5-9(7(2)3)11(15)10(14)6-8/h5-7H,4H2,1-3H3. The molecule has 0 fully saturated rings. The molecular weight excluding hydrogens is 303 g/mol. The summed E-state index contributed by atoms with van der Waals surface area (Å²) >= 11 is 3.04. The highest BCUT2D eigenvalue weighted by molar-refractivity contribution is 9.10. The van der Waals surface area contributed by atoms with Crippen molar-refractivity contribution < 1.29 is 18.7 Å². The molecule has 0 saturated carbocycles. The molecule has 3 nitrogen and oxygen atoms in total. The summed E-state index contributed by atoms with van der Waals surface area (Å²) in [4.78, 5) is 23.1. The molecule has 0 N–H and O–H groups in total. The van der Waals surface area contributed by atoms with Crippen molar-refractivity contribution in [1.29, 1.82) is 0 Å². The highest BCUT2D eigenvalue weighted by Gasteiger charge is 2.21. The van der Waals surface area contributed by atoms with Crippen LogP contribution in [0.1, 0.15) is 42.6 Å². The fourth-order valence-electron chi connectivity index (χ4n) is 1.48. The van der Waals surface area contributed by atoms with Crippen molar-refractivity contribution in [2.75, 3.05) is 6.61 Å². The van der Waals surface area contributed by atoms with Crippen molar-refractivity contribution in [2.45, 2.75) is 26.7 Å². The van der Waals surface area contributed by atoms with Crippen LogP contribution < -0.4 is 0 Å². The molecular formula is C13H14BrFO3. The lowest BCUT2D eigenvalue weighted by molar-refractivity contribution is -0.137. The van der Waals surface area contributed by atoms with E-state index in [0.29, 0.717) is 5.56 Å². The lowest BCUT2D eigenvalue weighted by Crippen LogP contribution is -2.18. The van der Waals surface area contributed by atoms with Crippen LogP contribution in [0.15, 0.2) is 16.6 Å². The van der Waals surface area contributed by atoms with Gasteiger partial charge in [0.15, 0.2) is 0 Å². The van der Waals surface area contributed by atoms with Gasteiger partial charge in [-0.25, -0.2) is 9.18 Å². The fourth-order valence-corrected chi connectivity index (χ4v) is 1.95. The zero-order chi connectivity index (χ0) is 13.9. The molecule has 0 atom stereocenters. The molecule has 0 aliphatic carbocycles. The van der Waals surface area contributed by atoms with Gasteiger partial charge in [-0.15, -0.1) is 0 Å². The number of benzene rings is 1. The Bertz CT molecular complexity index is 483. The summed E-state index contributed by atoms with van der Waals surface area (Å²) in [5.74, 6) is -2.19. The first-order chi connectivity index (χ1) is 8.38. The Kier molecular flexibility index (Phi) is 5.02. The van der Waals surface area contributed by atoms with E-state index in [0.717, 1.165) is 0 Å². The first-order valence-corrected chi connectivity index (χ1v) is 6.38. The van der Waals surface area contributed by atoms with Crippen LogP contribution in [-0.2, 0) is 9.53 Å². The summed E-state index contributed by atoms with van der Waals surface area (Å²) in [6.45, 7) is 5.36. The van der Waals surface area contributed by atoms with Gasteiger partial charge in [0.25, 0.3) is 5.78 Å². The zero-order valence-corrected chi connectivity index (χ0v) is 12.0. The van der Waals surface area contributed by atoms with Gasteiger partial charge in [0.1, 0.15) is 5.82 Å². The third kappa shape index (κ3) is 3.16. The third-order valence-corrected chi connectivity index (χ3v) is 2.98. The number of carbonyl (C=O) groups excluding carboxylic acids is 2. The van der Waals surface area contributed by atoms with E-state index in [2.05, 4.69) is 20.7 Å². The molecule has 0 unspecified atom stereocenters. The van der Waals surface area contributed by atoms with Crippen LogP contribution in [0.3, 0.4) is 0 Å². The SMILES string of the molecule is CCOC(=O)C(=O)c1cc(Br)c(F)c(C(C)C)c1. The first-order valence-electron chi connectivity index (χ1n) is 5.58. The molecule has 1 aromatic rings. The van der Waals surface area contributed by atoms with E-state index in [4.69, 9.17) is 0 Å². The van der Waals surface area contributed by atoms with Crippen molar-refractivity contribution in [3.8, 4) is 0 Å². The number of carbonyl (C=O) groups is 2. The van der Waals surface area contributed by atoms with Gasteiger partial charge in [0, 0.05) is 5.56 Å². The molecule has 18 heavy (non-hydrogen) atoms. The molecule has 1 aromatic carbocycles. The van der Waals surface area contributed by atoms with Gasteiger partial charge in [0.05, 0.1) is 11.1 Å². The van der Waals surface area contributed by atoms with Gasteiger partial charge in [-0.2, -0.15) is 0 Å². The topological polar surface area (TPSA) is 43.4 Å². The molecule has 1 rings (SSSR count). The average Bonchev–Trinajstić information content (AvgIpc) is 2.31. The molecule has 0 spiro atoms. The number of hydrogen-bond donors (Lipinski definition) is 0. The molecule has 0 saturated heterocycles. The van der Waals surface area contributed by atoms with Crippen LogP contribution in [0.5, 0.6) is 0 Å². The average molecular weight is 317 g/mol. The van der Waals surface area contributed by atoms with E-state index in [9.17, 15) is 14.0 Å².